The summed E-state index contributed by atoms with van der Waals surface area (Å²) in [6, 6.07) is 5.38. The number of rotatable bonds is 8. The second-order valence-corrected chi connectivity index (χ2v) is 8.91. The number of allylic oxidation sites excluding steroid dienone is 1. The van der Waals surface area contributed by atoms with Crippen LogP contribution in [0.5, 0.6) is 5.75 Å². The number of benzene rings is 1. The zero-order valence-electron chi connectivity index (χ0n) is 17.4. The molecule has 0 saturated carbocycles. The molecule has 32 heavy (non-hydrogen) atoms. The Labute approximate surface area is 196 Å². The average Bonchev–Trinajstić information content (AvgIpc) is 2.75. The summed E-state index contributed by atoms with van der Waals surface area (Å²) in [6.45, 7) is 1.73. The van der Waals surface area contributed by atoms with E-state index in [1.54, 1.807) is 24.3 Å². The Hall–Kier alpha value is -2.10. The summed E-state index contributed by atoms with van der Waals surface area (Å²) in [5.41, 5.74) is 8.17. The number of alkyl halides is 1. The largest absolute Gasteiger partial charge is 0.508 e. The molecule has 1 heterocycles. The van der Waals surface area contributed by atoms with Crippen molar-refractivity contribution in [3.05, 3.63) is 51.6 Å². The van der Waals surface area contributed by atoms with Crippen LogP contribution >= 0.6 is 23.2 Å². The summed E-state index contributed by atoms with van der Waals surface area (Å²) >= 11 is 13.0. The zero-order valence-corrected chi connectivity index (χ0v) is 18.9. The van der Waals surface area contributed by atoms with Crippen molar-refractivity contribution in [1.82, 2.24) is 10.2 Å². The van der Waals surface area contributed by atoms with E-state index in [2.05, 4.69) is 10.2 Å². The van der Waals surface area contributed by atoms with Crippen LogP contribution in [0.3, 0.4) is 0 Å². The molecule has 6 N–H and O–H groups in total. The molecule has 0 aromatic heterocycles. The number of carboxylic acid groups (broad SMARTS) is 1. The predicted octanol–water partition coefficient (Wildman–Crippen LogP) is 1.85. The molecule has 8 nitrogen and oxygen atoms in total. The highest BCUT2D eigenvalue weighted by Crippen LogP contribution is 2.40. The summed E-state index contributed by atoms with van der Waals surface area (Å²) in [6.07, 6.45) is 0.870. The molecule has 3 atom stereocenters. The van der Waals surface area contributed by atoms with Gasteiger partial charge in [-0.15, -0.1) is 11.6 Å². The molecule has 1 amide bonds. The number of aromatic hydroxyl groups is 1. The third-order valence-electron chi connectivity index (χ3n) is 5.82. The monoisotopic (exact) mass is 483 g/mol. The first-order chi connectivity index (χ1) is 15.2. The first-order valence-electron chi connectivity index (χ1n) is 10.4. The number of carbonyl (C=O) groups excluding carboxylic acids is 1. The highest BCUT2D eigenvalue weighted by Gasteiger charge is 2.35. The molecule has 1 aromatic carbocycles. The van der Waals surface area contributed by atoms with Gasteiger partial charge in [0.2, 0.25) is 0 Å². The van der Waals surface area contributed by atoms with E-state index in [1.807, 2.05) is 0 Å². The Balaban J connectivity index is 1.66. The average molecular weight is 484 g/mol. The third kappa shape index (κ3) is 5.63. The Bertz CT molecular complexity index is 949. The number of aliphatic hydroxyl groups excluding tert-OH is 1. The van der Waals surface area contributed by atoms with Gasteiger partial charge in [0.15, 0.2) is 0 Å². The number of carboxylic acids is 1. The quantitative estimate of drug-likeness (QED) is 0.356. The number of hydrogen-bond acceptors (Lipinski definition) is 6. The number of nitrogens with one attached hydrogen (secondary N) is 1. The maximum atomic E-state index is 12.6. The molecule has 1 aliphatic heterocycles. The number of aliphatic hydroxyl groups is 1. The van der Waals surface area contributed by atoms with Crippen LogP contribution in [0.15, 0.2) is 46.0 Å². The van der Waals surface area contributed by atoms with Crippen molar-refractivity contribution in [2.75, 3.05) is 26.2 Å². The number of phenols is 1. The van der Waals surface area contributed by atoms with Gasteiger partial charge in [-0.2, -0.15) is 0 Å². The minimum atomic E-state index is -1.22. The molecule has 1 aliphatic carbocycles. The van der Waals surface area contributed by atoms with Crippen molar-refractivity contribution in [3.8, 4) is 5.75 Å². The van der Waals surface area contributed by atoms with Crippen molar-refractivity contribution in [2.45, 2.75) is 36.8 Å². The number of carbonyl (C=O) groups is 2. The topological polar surface area (TPSA) is 136 Å². The molecular weight excluding hydrogens is 457 g/mol. The van der Waals surface area contributed by atoms with Crippen LogP contribution < -0.4 is 11.1 Å². The van der Waals surface area contributed by atoms with Crippen LogP contribution in [0.2, 0.25) is 0 Å². The van der Waals surface area contributed by atoms with Gasteiger partial charge >= 0.3 is 5.97 Å². The molecule has 1 aromatic rings. The number of halogens is 2. The van der Waals surface area contributed by atoms with Gasteiger partial charge in [-0.1, -0.05) is 23.7 Å². The fraction of sp³-hybridized carbons (Fsp3) is 0.455. The molecule has 3 rings (SSSR count). The lowest BCUT2D eigenvalue weighted by Gasteiger charge is -2.35. The Morgan fingerprint density at radius 2 is 2.09 bits per heavy atom. The smallest absolute Gasteiger partial charge is 0.327 e. The molecule has 0 radical (unpaired) electrons. The lowest BCUT2D eigenvalue weighted by Crippen LogP contribution is -2.47. The number of hydrogen-bond donors (Lipinski definition) is 5. The molecule has 10 heteroatoms. The summed E-state index contributed by atoms with van der Waals surface area (Å²) in [7, 11) is 0. The number of nitrogens with two attached hydrogens (primary N) is 1. The lowest BCUT2D eigenvalue weighted by atomic mass is 9.86. The number of nitrogens with zero attached hydrogens (tertiary/aromatic N) is 1. The summed E-state index contributed by atoms with van der Waals surface area (Å²) in [4.78, 5) is 26.0. The second-order valence-electron chi connectivity index (χ2n) is 8.01. The zero-order chi connectivity index (χ0) is 23.4. The van der Waals surface area contributed by atoms with E-state index in [-0.39, 0.29) is 22.9 Å². The highest BCUT2D eigenvalue weighted by atomic mass is 35.5. The SMILES string of the molecule is NC[C@H](NC(=O)C1=C(Cl)C2=C(CC1Cl)CN(CCC(O)c1cccc(O)c1)CC2)C(=O)O. The standard InChI is InChI=1S/C22H27Cl2N3O5/c23-16-9-13-11-27(7-5-18(29)12-2-1-3-14(28)8-12)6-4-15(13)20(24)19(16)21(30)26-17(10-25)22(31)32/h1-3,8,16-18,28-29H,4-7,9-11,25H2,(H,26,30)(H,31,32)/t16?,17-,18?/m0/s1. The van der Waals surface area contributed by atoms with Gasteiger partial charge in [-0.05, 0) is 48.1 Å². The lowest BCUT2D eigenvalue weighted by molar-refractivity contribution is -0.141. The normalized spacial score (nSPS) is 21.2. The van der Waals surface area contributed by atoms with E-state index >= 15 is 0 Å². The highest BCUT2D eigenvalue weighted by molar-refractivity contribution is 6.37. The van der Waals surface area contributed by atoms with Gasteiger partial charge < -0.3 is 26.4 Å². The van der Waals surface area contributed by atoms with Gasteiger partial charge in [0.1, 0.15) is 11.8 Å². The summed E-state index contributed by atoms with van der Waals surface area (Å²) in [5.74, 6) is -1.72. The molecular formula is C22H27Cl2N3O5. The first kappa shape index (κ1) is 24.5. The summed E-state index contributed by atoms with van der Waals surface area (Å²) in [5, 5.41) is 31.1. The van der Waals surface area contributed by atoms with E-state index in [0.29, 0.717) is 44.5 Å². The van der Waals surface area contributed by atoms with Crippen molar-refractivity contribution in [1.29, 1.82) is 0 Å². The Kier molecular flexibility index (Phi) is 8.19. The van der Waals surface area contributed by atoms with Crippen molar-refractivity contribution in [3.63, 3.8) is 0 Å². The van der Waals surface area contributed by atoms with Gasteiger partial charge in [-0.3, -0.25) is 9.69 Å². The maximum Gasteiger partial charge on any atom is 0.327 e. The van der Waals surface area contributed by atoms with Crippen LogP contribution in [0.25, 0.3) is 0 Å². The van der Waals surface area contributed by atoms with Crippen molar-refractivity contribution >= 4 is 35.1 Å². The summed E-state index contributed by atoms with van der Waals surface area (Å²) < 4.78 is 0. The van der Waals surface area contributed by atoms with Gasteiger partial charge in [0.25, 0.3) is 5.91 Å². The fourth-order valence-electron chi connectivity index (χ4n) is 4.06. The molecule has 2 unspecified atom stereocenters. The van der Waals surface area contributed by atoms with E-state index in [0.717, 1.165) is 11.1 Å². The maximum absolute atomic E-state index is 12.6. The van der Waals surface area contributed by atoms with Crippen molar-refractivity contribution in [2.24, 2.45) is 5.73 Å². The number of phenolic OH excluding ortho intramolecular Hbond substituents is 1. The second kappa shape index (κ2) is 10.7. The molecule has 0 bridgehead atoms. The van der Waals surface area contributed by atoms with Gasteiger partial charge in [0, 0.05) is 26.2 Å². The molecule has 0 fully saturated rings. The van der Waals surface area contributed by atoms with Gasteiger partial charge in [0.05, 0.1) is 22.1 Å². The molecule has 174 valence electrons. The van der Waals surface area contributed by atoms with Gasteiger partial charge in [-0.25, -0.2) is 4.79 Å². The Morgan fingerprint density at radius 3 is 2.75 bits per heavy atom. The third-order valence-corrected chi connectivity index (χ3v) is 6.62. The van der Waals surface area contributed by atoms with Crippen LogP contribution in [-0.2, 0) is 9.59 Å². The molecule has 0 spiro atoms. The van der Waals surface area contributed by atoms with Crippen molar-refractivity contribution < 1.29 is 24.9 Å². The van der Waals surface area contributed by atoms with Crippen LogP contribution in [0.4, 0.5) is 0 Å². The van der Waals surface area contributed by atoms with E-state index < -0.39 is 29.4 Å². The molecule has 2 aliphatic rings. The van der Waals surface area contributed by atoms with E-state index in [4.69, 9.17) is 34.0 Å². The van der Waals surface area contributed by atoms with Crippen LogP contribution in [-0.4, -0.2) is 69.7 Å². The Morgan fingerprint density at radius 1 is 1.34 bits per heavy atom. The first-order valence-corrected chi connectivity index (χ1v) is 11.2. The van der Waals surface area contributed by atoms with Crippen LogP contribution in [0, 0.1) is 0 Å². The number of amides is 1. The van der Waals surface area contributed by atoms with Crippen LogP contribution in [0.1, 0.15) is 30.9 Å². The number of aliphatic carboxylic acids is 1. The predicted molar refractivity (Wildman–Crippen MR) is 122 cm³/mol. The van der Waals surface area contributed by atoms with E-state index in [1.165, 1.54) is 0 Å². The van der Waals surface area contributed by atoms with E-state index in [9.17, 15) is 19.8 Å². The minimum Gasteiger partial charge on any atom is -0.508 e. The minimum absolute atomic E-state index is 0.118. The molecule has 0 saturated heterocycles. The fourth-order valence-corrected chi connectivity index (χ4v) is 4.95.